The van der Waals surface area contributed by atoms with Gasteiger partial charge >= 0.3 is 0 Å². The Balaban J connectivity index is 1.59. The molecule has 2 aromatic rings. The SMILES string of the molecule is Cc1cc(C)cc(C(=O)N2CCCC(C(=O)NNC(=O)c3cc(C)oc3C)C2)c1. The molecule has 0 saturated carbocycles. The van der Waals surface area contributed by atoms with Gasteiger partial charge in [-0.3, -0.25) is 25.2 Å². The van der Waals surface area contributed by atoms with E-state index >= 15 is 0 Å². The van der Waals surface area contributed by atoms with Gasteiger partial charge in [0.05, 0.1) is 11.5 Å². The molecule has 0 aliphatic carbocycles. The highest BCUT2D eigenvalue weighted by atomic mass is 16.3. The standard InChI is InChI=1S/C22H27N3O4/c1-13-8-14(2)10-18(9-13)22(28)25-7-5-6-17(12-25)20(26)23-24-21(27)19-11-15(3)29-16(19)4/h8-11,17H,5-7,12H2,1-4H3,(H,23,26)(H,24,27). The quantitative estimate of drug-likeness (QED) is 0.779. The molecule has 2 N–H and O–H groups in total. The molecule has 0 bridgehead atoms. The number of benzene rings is 1. The molecule has 3 amide bonds. The second-order valence-corrected chi connectivity index (χ2v) is 7.74. The van der Waals surface area contributed by atoms with Crippen LogP contribution >= 0.6 is 0 Å². The molecule has 0 spiro atoms. The predicted octanol–water partition coefficient (Wildman–Crippen LogP) is 2.83. The number of hydrazine groups is 1. The fraction of sp³-hybridized carbons (Fsp3) is 0.409. The normalized spacial score (nSPS) is 16.4. The number of piperidine rings is 1. The van der Waals surface area contributed by atoms with E-state index in [0.717, 1.165) is 17.5 Å². The summed E-state index contributed by atoms with van der Waals surface area (Å²) in [6, 6.07) is 7.39. The third-order valence-electron chi connectivity index (χ3n) is 5.13. The number of aryl methyl sites for hydroxylation is 4. The predicted molar refractivity (Wildman–Crippen MR) is 108 cm³/mol. The van der Waals surface area contributed by atoms with Crippen molar-refractivity contribution in [2.24, 2.45) is 5.92 Å². The van der Waals surface area contributed by atoms with Crippen LogP contribution in [-0.4, -0.2) is 35.7 Å². The van der Waals surface area contributed by atoms with Crippen LogP contribution in [0.2, 0.25) is 0 Å². The largest absolute Gasteiger partial charge is 0.466 e. The highest BCUT2D eigenvalue weighted by Gasteiger charge is 2.29. The molecule has 7 nitrogen and oxygen atoms in total. The van der Waals surface area contributed by atoms with Crippen LogP contribution in [0.1, 0.15) is 56.2 Å². The van der Waals surface area contributed by atoms with Crippen LogP contribution in [0.5, 0.6) is 0 Å². The first-order chi connectivity index (χ1) is 13.7. The van der Waals surface area contributed by atoms with Gasteiger partial charge < -0.3 is 9.32 Å². The maximum absolute atomic E-state index is 12.9. The smallest absolute Gasteiger partial charge is 0.273 e. The average molecular weight is 397 g/mol. The molecule has 1 aromatic heterocycles. The van der Waals surface area contributed by atoms with Gasteiger partial charge in [-0.05, 0) is 58.7 Å². The Morgan fingerprint density at radius 3 is 2.31 bits per heavy atom. The number of furan rings is 1. The summed E-state index contributed by atoms with van der Waals surface area (Å²) in [5.41, 5.74) is 8.02. The molecule has 1 unspecified atom stereocenters. The first-order valence-electron chi connectivity index (χ1n) is 9.79. The third-order valence-corrected chi connectivity index (χ3v) is 5.13. The Bertz CT molecular complexity index is 927. The van der Waals surface area contributed by atoms with E-state index in [-0.39, 0.29) is 17.7 Å². The van der Waals surface area contributed by atoms with E-state index in [1.807, 2.05) is 32.0 Å². The Morgan fingerprint density at radius 2 is 1.69 bits per heavy atom. The summed E-state index contributed by atoms with van der Waals surface area (Å²) in [5, 5.41) is 0. The molecule has 1 aliphatic rings. The van der Waals surface area contributed by atoms with Crippen LogP contribution in [0.4, 0.5) is 0 Å². The van der Waals surface area contributed by atoms with E-state index < -0.39 is 5.91 Å². The minimum atomic E-state index is -0.424. The molecule has 3 rings (SSSR count). The molecular weight excluding hydrogens is 370 g/mol. The maximum atomic E-state index is 12.9. The van der Waals surface area contributed by atoms with E-state index in [0.29, 0.717) is 42.2 Å². The van der Waals surface area contributed by atoms with Crippen LogP contribution < -0.4 is 10.9 Å². The first kappa shape index (κ1) is 20.6. The van der Waals surface area contributed by atoms with Gasteiger partial charge in [0.2, 0.25) is 5.91 Å². The van der Waals surface area contributed by atoms with Crippen molar-refractivity contribution in [3.8, 4) is 0 Å². The summed E-state index contributed by atoms with van der Waals surface area (Å²) in [7, 11) is 0. The molecule has 1 saturated heterocycles. The van der Waals surface area contributed by atoms with E-state index in [2.05, 4.69) is 10.9 Å². The number of carbonyl (C=O) groups is 3. The van der Waals surface area contributed by atoms with E-state index in [4.69, 9.17) is 4.42 Å². The number of hydrogen-bond donors (Lipinski definition) is 2. The molecule has 1 fully saturated rings. The Labute approximate surface area is 170 Å². The van der Waals surface area contributed by atoms with Crippen LogP contribution in [0.15, 0.2) is 28.7 Å². The number of nitrogens with one attached hydrogen (secondary N) is 2. The lowest BCUT2D eigenvalue weighted by atomic mass is 9.96. The van der Waals surface area contributed by atoms with Crippen LogP contribution in [0.3, 0.4) is 0 Å². The average Bonchev–Trinajstić information content (AvgIpc) is 3.02. The number of amides is 3. The summed E-state index contributed by atoms with van der Waals surface area (Å²) in [6.45, 7) is 8.32. The summed E-state index contributed by atoms with van der Waals surface area (Å²) in [6.07, 6.45) is 1.41. The molecule has 1 atom stereocenters. The summed E-state index contributed by atoms with van der Waals surface area (Å²) >= 11 is 0. The van der Waals surface area contributed by atoms with Crippen molar-refractivity contribution in [1.29, 1.82) is 0 Å². The van der Waals surface area contributed by atoms with Crippen molar-refractivity contribution in [2.45, 2.75) is 40.5 Å². The number of nitrogens with zero attached hydrogens (tertiary/aromatic N) is 1. The van der Waals surface area contributed by atoms with Crippen molar-refractivity contribution >= 4 is 17.7 Å². The molecule has 1 aliphatic heterocycles. The zero-order valence-electron chi connectivity index (χ0n) is 17.3. The molecule has 1 aromatic carbocycles. The van der Waals surface area contributed by atoms with Crippen LogP contribution in [-0.2, 0) is 4.79 Å². The topological polar surface area (TPSA) is 91.7 Å². The molecular formula is C22H27N3O4. The monoisotopic (exact) mass is 397 g/mol. The second-order valence-electron chi connectivity index (χ2n) is 7.74. The fourth-order valence-corrected chi connectivity index (χ4v) is 3.80. The Hall–Kier alpha value is -3.09. The Kier molecular flexibility index (Phi) is 6.06. The number of rotatable bonds is 3. The van der Waals surface area contributed by atoms with Gasteiger partial charge in [0, 0.05) is 18.7 Å². The van der Waals surface area contributed by atoms with E-state index in [9.17, 15) is 14.4 Å². The van der Waals surface area contributed by atoms with Crippen molar-refractivity contribution in [2.75, 3.05) is 13.1 Å². The Morgan fingerprint density at radius 1 is 1.00 bits per heavy atom. The highest BCUT2D eigenvalue weighted by Crippen LogP contribution is 2.20. The van der Waals surface area contributed by atoms with Gasteiger partial charge in [-0.25, -0.2) is 0 Å². The lowest BCUT2D eigenvalue weighted by molar-refractivity contribution is -0.127. The number of likely N-dealkylation sites (tertiary alicyclic amines) is 1. The summed E-state index contributed by atoms with van der Waals surface area (Å²) < 4.78 is 5.34. The van der Waals surface area contributed by atoms with Gasteiger partial charge in [0.1, 0.15) is 11.5 Å². The molecule has 0 radical (unpaired) electrons. The van der Waals surface area contributed by atoms with Crippen molar-refractivity contribution in [3.05, 3.63) is 58.0 Å². The van der Waals surface area contributed by atoms with Gasteiger partial charge in [0.25, 0.3) is 11.8 Å². The highest BCUT2D eigenvalue weighted by molar-refractivity contribution is 5.97. The lowest BCUT2D eigenvalue weighted by Crippen LogP contribution is -2.50. The third kappa shape index (κ3) is 4.85. The molecule has 29 heavy (non-hydrogen) atoms. The zero-order valence-corrected chi connectivity index (χ0v) is 17.3. The minimum Gasteiger partial charge on any atom is -0.466 e. The van der Waals surface area contributed by atoms with Crippen molar-refractivity contribution < 1.29 is 18.8 Å². The first-order valence-corrected chi connectivity index (χ1v) is 9.79. The molecule has 2 heterocycles. The van der Waals surface area contributed by atoms with Gasteiger partial charge in [-0.1, -0.05) is 17.2 Å². The van der Waals surface area contributed by atoms with Crippen LogP contribution in [0, 0.1) is 33.6 Å². The summed E-state index contributed by atoms with van der Waals surface area (Å²) in [4.78, 5) is 39.4. The zero-order chi connectivity index (χ0) is 21.1. The van der Waals surface area contributed by atoms with E-state index in [1.54, 1.807) is 24.8 Å². The fourth-order valence-electron chi connectivity index (χ4n) is 3.80. The minimum absolute atomic E-state index is 0.0668. The molecule has 154 valence electrons. The summed E-state index contributed by atoms with van der Waals surface area (Å²) in [5.74, 6) is -0.0290. The lowest BCUT2D eigenvalue weighted by Gasteiger charge is -2.32. The van der Waals surface area contributed by atoms with Gasteiger partial charge in [-0.15, -0.1) is 0 Å². The number of carbonyl (C=O) groups excluding carboxylic acids is 3. The maximum Gasteiger partial charge on any atom is 0.273 e. The van der Waals surface area contributed by atoms with Crippen LogP contribution in [0.25, 0.3) is 0 Å². The second kappa shape index (κ2) is 8.51. The number of hydrogen-bond acceptors (Lipinski definition) is 4. The van der Waals surface area contributed by atoms with Gasteiger partial charge in [0.15, 0.2) is 0 Å². The molecule has 7 heteroatoms. The van der Waals surface area contributed by atoms with Crippen molar-refractivity contribution in [3.63, 3.8) is 0 Å². The van der Waals surface area contributed by atoms with E-state index in [1.165, 1.54) is 0 Å². The van der Waals surface area contributed by atoms with Crippen molar-refractivity contribution in [1.82, 2.24) is 15.8 Å². The van der Waals surface area contributed by atoms with Gasteiger partial charge in [-0.2, -0.15) is 0 Å².